The van der Waals surface area contributed by atoms with Crippen LogP contribution in [0.15, 0.2) is 22.8 Å². The van der Waals surface area contributed by atoms with Crippen LogP contribution < -0.4 is 0 Å². The Morgan fingerprint density at radius 3 is 3.12 bits per heavy atom. The SMILES string of the molecule is O=C(c1ccc(Br)cn1)N1CCOCC1CCl. The van der Waals surface area contributed by atoms with Gasteiger partial charge in [-0.3, -0.25) is 4.79 Å². The molecule has 17 heavy (non-hydrogen) atoms. The van der Waals surface area contributed by atoms with Crippen molar-refractivity contribution in [2.45, 2.75) is 6.04 Å². The van der Waals surface area contributed by atoms with Crippen molar-refractivity contribution >= 4 is 33.4 Å². The molecule has 1 atom stereocenters. The fraction of sp³-hybridized carbons (Fsp3) is 0.455. The summed E-state index contributed by atoms with van der Waals surface area (Å²) in [5.74, 6) is 0.286. The van der Waals surface area contributed by atoms with Gasteiger partial charge in [-0.25, -0.2) is 4.98 Å². The van der Waals surface area contributed by atoms with E-state index in [1.165, 1.54) is 0 Å². The van der Waals surface area contributed by atoms with Crippen molar-refractivity contribution in [2.75, 3.05) is 25.6 Å². The van der Waals surface area contributed by atoms with E-state index >= 15 is 0 Å². The molecule has 2 rings (SSSR count). The van der Waals surface area contributed by atoms with Crippen LogP contribution in [0.1, 0.15) is 10.5 Å². The molecule has 0 aromatic carbocycles. The first kappa shape index (κ1) is 12.8. The van der Waals surface area contributed by atoms with Crippen molar-refractivity contribution in [3.8, 4) is 0 Å². The van der Waals surface area contributed by atoms with Crippen LogP contribution in [0.2, 0.25) is 0 Å². The van der Waals surface area contributed by atoms with E-state index in [1.807, 2.05) is 0 Å². The smallest absolute Gasteiger partial charge is 0.272 e. The molecule has 0 N–H and O–H groups in total. The summed E-state index contributed by atoms with van der Waals surface area (Å²) in [6, 6.07) is 3.44. The van der Waals surface area contributed by atoms with Gasteiger partial charge in [-0.15, -0.1) is 11.6 Å². The van der Waals surface area contributed by atoms with Crippen molar-refractivity contribution in [2.24, 2.45) is 0 Å². The largest absolute Gasteiger partial charge is 0.377 e. The van der Waals surface area contributed by atoms with Crippen LogP contribution in [0.5, 0.6) is 0 Å². The lowest BCUT2D eigenvalue weighted by molar-refractivity contribution is 0.00424. The second-order valence-corrected chi connectivity index (χ2v) is 4.97. The second kappa shape index (κ2) is 5.80. The number of ether oxygens (including phenoxy) is 1. The number of pyridine rings is 1. The Balaban J connectivity index is 2.15. The standard InChI is InChI=1S/C11H12BrClN2O2/c12-8-1-2-10(14-6-8)11(16)15-3-4-17-7-9(15)5-13/h1-2,6,9H,3-5,7H2. The fourth-order valence-electron chi connectivity index (χ4n) is 1.70. The summed E-state index contributed by atoms with van der Waals surface area (Å²) in [7, 11) is 0. The Hall–Kier alpha value is -0.650. The van der Waals surface area contributed by atoms with E-state index in [0.717, 1.165) is 4.47 Å². The van der Waals surface area contributed by atoms with Gasteiger partial charge < -0.3 is 9.64 Å². The normalized spacial score (nSPS) is 20.4. The lowest BCUT2D eigenvalue weighted by Gasteiger charge is -2.34. The number of nitrogens with zero attached hydrogens (tertiary/aromatic N) is 2. The Kier molecular flexibility index (Phi) is 4.36. The van der Waals surface area contributed by atoms with Crippen LogP contribution in [0.4, 0.5) is 0 Å². The number of rotatable bonds is 2. The van der Waals surface area contributed by atoms with Gasteiger partial charge in [0.05, 0.1) is 19.3 Å². The van der Waals surface area contributed by atoms with E-state index in [1.54, 1.807) is 23.2 Å². The highest BCUT2D eigenvalue weighted by atomic mass is 79.9. The Morgan fingerprint density at radius 2 is 2.47 bits per heavy atom. The number of hydrogen-bond acceptors (Lipinski definition) is 3. The van der Waals surface area contributed by atoms with Crippen molar-refractivity contribution in [1.82, 2.24) is 9.88 Å². The van der Waals surface area contributed by atoms with E-state index in [9.17, 15) is 4.79 Å². The minimum Gasteiger partial charge on any atom is -0.377 e. The lowest BCUT2D eigenvalue weighted by atomic mass is 10.2. The van der Waals surface area contributed by atoms with Crippen LogP contribution in [0.3, 0.4) is 0 Å². The Morgan fingerprint density at radius 1 is 1.65 bits per heavy atom. The third-order valence-corrected chi connectivity index (χ3v) is 3.44. The third kappa shape index (κ3) is 2.97. The van der Waals surface area contributed by atoms with Gasteiger partial charge in [-0.2, -0.15) is 0 Å². The van der Waals surface area contributed by atoms with Gasteiger partial charge in [-0.1, -0.05) is 0 Å². The van der Waals surface area contributed by atoms with Gasteiger partial charge >= 0.3 is 0 Å². The van der Waals surface area contributed by atoms with Crippen LogP contribution in [0.25, 0.3) is 0 Å². The zero-order valence-corrected chi connectivity index (χ0v) is 11.4. The molecular formula is C11H12BrClN2O2. The molecule has 0 aliphatic carbocycles. The molecule has 1 aliphatic rings. The van der Waals surface area contributed by atoms with Crippen molar-refractivity contribution < 1.29 is 9.53 Å². The topological polar surface area (TPSA) is 42.4 Å². The average Bonchev–Trinajstić information content (AvgIpc) is 2.39. The van der Waals surface area contributed by atoms with E-state index in [0.29, 0.717) is 31.3 Å². The van der Waals surface area contributed by atoms with Gasteiger partial charge in [0, 0.05) is 23.1 Å². The molecule has 4 nitrogen and oxygen atoms in total. The summed E-state index contributed by atoms with van der Waals surface area (Å²) in [5, 5.41) is 0. The second-order valence-electron chi connectivity index (χ2n) is 3.74. The van der Waals surface area contributed by atoms with E-state index in [4.69, 9.17) is 16.3 Å². The molecule has 92 valence electrons. The summed E-state index contributed by atoms with van der Waals surface area (Å²) >= 11 is 9.12. The highest BCUT2D eigenvalue weighted by molar-refractivity contribution is 9.10. The van der Waals surface area contributed by atoms with Gasteiger partial charge in [0.15, 0.2) is 0 Å². The van der Waals surface area contributed by atoms with Crippen LogP contribution in [-0.4, -0.2) is 47.5 Å². The van der Waals surface area contributed by atoms with Crippen LogP contribution >= 0.6 is 27.5 Å². The van der Waals surface area contributed by atoms with Gasteiger partial charge in [-0.05, 0) is 28.1 Å². The number of carbonyl (C=O) groups excluding carboxylic acids is 1. The van der Waals surface area contributed by atoms with E-state index in [-0.39, 0.29) is 11.9 Å². The third-order valence-electron chi connectivity index (χ3n) is 2.61. The number of alkyl halides is 1. The predicted molar refractivity (Wildman–Crippen MR) is 68.3 cm³/mol. The maximum Gasteiger partial charge on any atom is 0.272 e. The maximum absolute atomic E-state index is 12.2. The molecule has 0 spiro atoms. The van der Waals surface area contributed by atoms with Crippen LogP contribution in [0, 0.1) is 0 Å². The molecular weight excluding hydrogens is 307 g/mol. The molecule has 0 radical (unpaired) electrons. The molecule has 1 fully saturated rings. The molecule has 1 aromatic rings. The molecule has 1 aliphatic heterocycles. The van der Waals surface area contributed by atoms with Gasteiger partial charge in [0.2, 0.25) is 0 Å². The van der Waals surface area contributed by atoms with E-state index in [2.05, 4.69) is 20.9 Å². The van der Waals surface area contributed by atoms with E-state index < -0.39 is 0 Å². The quantitative estimate of drug-likeness (QED) is 0.782. The number of halogens is 2. The molecule has 2 heterocycles. The number of aromatic nitrogens is 1. The first-order valence-electron chi connectivity index (χ1n) is 5.28. The molecule has 0 saturated carbocycles. The summed E-state index contributed by atoms with van der Waals surface area (Å²) in [5.41, 5.74) is 0.435. The van der Waals surface area contributed by atoms with Gasteiger partial charge in [0.25, 0.3) is 5.91 Å². The monoisotopic (exact) mass is 318 g/mol. The summed E-state index contributed by atoms with van der Waals surface area (Å²) in [4.78, 5) is 18.0. The van der Waals surface area contributed by atoms with Crippen LogP contribution in [-0.2, 0) is 4.74 Å². The number of hydrogen-bond donors (Lipinski definition) is 0. The summed E-state index contributed by atoms with van der Waals surface area (Å²) in [6.45, 7) is 1.61. The fourth-order valence-corrected chi connectivity index (χ4v) is 2.19. The number of amides is 1. The minimum atomic E-state index is -0.0912. The van der Waals surface area contributed by atoms with Crippen molar-refractivity contribution in [1.29, 1.82) is 0 Å². The summed E-state index contributed by atoms with van der Waals surface area (Å²) in [6.07, 6.45) is 1.61. The maximum atomic E-state index is 12.2. The van der Waals surface area contributed by atoms with Crippen molar-refractivity contribution in [3.05, 3.63) is 28.5 Å². The lowest BCUT2D eigenvalue weighted by Crippen LogP contribution is -2.49. The minimum absolute atomic E-state index is 0.0663. The molecule has 1 amide bonds. The average molecular weight is 320 g/mol. The molecule has 1 aromatic heterocycles. The Labute approximate surface area is 113 Å². The highest BCUT2D eigenvalue weighted by Crippen LogP contribution is 2.14. The molecule has 0 bridgehead atoms. The highest BCUT2D eigenvalue weighted by Gasteiger charge is 2.27. The number of morpholine rings is 1. The first-order chi connectivity index (χ1) is 8.22. The first-order valence-corrected chi connectivity index (χ1v) is 6.61. The summed E-state index contributed by atoms with van der Waals surface area (Å²) < 4.78 is 6.15. The Bertz CT molecular complexity index is 399. The van der Waals surface area contributed by atoms with Gasteiger partial charge in [0.1, 0.15) is 5.69 Å². The zero-order chi connectivity index (χ0) is 12.3. The molecule has 6 heteroatoms. The zero-order valence-electron chi connectivity index (χ0n) is 9.10. The molecule has 1 unspecified atom stereocenters. The number of carbonyl (C=O) groups is 1. The molecule has 1 saturated heterocycles. The predicted octanol–water partition coefficient (Wildman–Crippen LogP) is 1.92. The van der Waals surface area contributed by atoms with Crippen molar-refractivity contribution in [3.63, 3.8) is 0 Å².